The molecule has 0 atom stereocenters. The van der Waals surface area contributed by atoms with E-state index in [1.54, 1.807) is 23.1 Å². The van der Waals surface area contributed by atoms with Crippen molar-refractivity contribution in [3.05, 3.63) is 58.6 Å². The van der Waals surface area contributed by atoms with Crippen molar-refractivity contribution in [3.63, 3.8) is 0 Å². The van der Waals surface area contributed by atoms with Gasteiger partial charge >= 0.3 is 0 Å². The van der Waals surface area contributed by atoms with Crippen molar-refractivity contribution in [1.29, 1.82) is 0 Å². The Morgan fingerprint density at radius 1 is 1.03 bits per heavy atom. The molecule has 0 aliphatic carbocycles. The molecule has 1 aliphatic rings. The second kappa shape index (κ2) is 10.6. The Morgan fingerprint density at radius 3 is 2.45 bits per heavy atom. The van der Waals surface area contributed by atoms with E-state index >= 15 is 0 Å². The largest absolute Gasteiger partial charge is 0.493 e. The van der Waals surface area contributed by atoms with Gasteiger partial charge in [-0.05, 0) is 30.3 Å². The van der Waals surface area contributed by atoms with Gasteiger partial charge in [0, 0.05) is 18.7 Å². The van der Waals surface area contributed by atoms with Crippen molar-refractivity contribution in [2.45, 2.75) is 0 Å². The maximum atomic E-state index is 12.4. The van der Waals surface area contributed by atoms with E-state index in [4.69, 9.17) is 25.8 Å². The molecule has 1 heterocycles. The number of rotatable bonds is 6. The van der Waals surface area contributed by atoms with Gasteiger partial charge in [-0.25, -0.2) is 0 Å². The maximum absolute atomic E-state index is 12.4. The molecule has 0 spiro atoms. The zero-order valence-corrected chi connectivity index (χ0v) is 17.6. The van der Waals surface area contributed by atoms with E-state index in [1.165, 1.54) is 31.4 Å². The molecule has 3 rings (SSSR count). The van der Waals surface area contributed by atoms with Gasteiger partial charge in [-0.1, -0.05) is 23.7 Å². The first-order chi connectivity index (χ1) is 15.0. The minimum atomic E-state index is -0.561. The van der Waals surface area contributed by atoms with Crippen LogP contribution in [-0.2, 0) is 9.53 Å². The molecule has 0 bridgehead atoms. The van der Waals surface area contributed by atoms with Crippen LogP contribution < -0.4 is 20.3 Å². The third-order valence-electron chi connectivity index (χ3n) is 4.55. The second-order valence-corrected chi connectivity index (χ2v) is 6.94. The minimum Gasteiger partial charge on any atom is -0.493 e. The number of hydrogen-bond acceptors (Lipinski definition) is 6. The summed E-state index contributed by atoms with van der Waals surface area (Å²) in [6, 6.07) is 10.9. The monoisotopic (exact) mass is 447 g/mol. The molecule has 3 amide bonds. The van der Waals surface area contributed by atoms with E-state index in [0.29, 0.717) is 32.1 Å². The number of morpholine rings is 1. The highest BCUT2D eigenvalue weighted by molar-refractivity contribution is 6.33. The SMILES string of the molecule is COc1cc(C(=O)NNC(=O)c2ccccc2Cl)ccc1OCC(=O)N1CCOCC1. The van der Waals surface area contributed by atoms with Crippen LogP contribution in [0.1, 0.15) is 20.7 Å². The lowest BCUT2D eigenvalue weighted by molar-refractivity contribution is -0.137. The normalized spacial score (nSPS) is 13.3. The zero-order chi connectivity index (χ0) is 22.2. The third kappa shape index (κ3) is 5.87. The Bertz CT molecular complexity index is 962. The first kappa shape index (κ1) is 22.4. The van der Waals surface area contributed by atoms with E-state index in [1.807, 2.05) is 0 Å². The molecular weight excluding hydrogens is 426 g/mol. The highest BCUT2D eigenvalue weighted by Crippen LogP contribution is 2.28. The highest BCUT2D eigenvalue weighted by atomic mass is 35.5. The molecular formula is C21H22ClN3O6. The van der Waals surface area contributed by atoms with Gasteiger partial charge < -0.3 is 19.1 Å². The molecule has 0 saturated carbocycles. The molecule has 164 valence electrons. The fourth-order valence-electron chi connectivity index (χ4n) is 2.87. The fourth-order valence-corrected chi connectivity index (χ4v) is 3.09. The predicted octanol–water partition coefficient (Wildman–Crippen LogP) is 1.66. The molecule has 0 unspecified atom stereocenters. The van der Waals surface area contributed by atoms with E-state index in [2.05, 4.69) is 10.9 Å². The van der Waals surface area contributed by atoms with Crippen LogP contribution >= 0.6 is 11.6 Å². The lowest BCUT2D eigenvalue weighted by Gasteiger charge is -2.26. The van der Waals surface area contributed by atoms with E-state index in [0.717, 1.165) is 0 Å². The molecule has 0 aromatic heterocycles. The molecule has 2 aromatic rings. The van der Waals surface area contributed by atoms with Crippen molar-refractivity contribution >= 4 is 29.3 Å². The van der Waals surface area contributed by atoms with Crippen LogP contribution in [0, 0.1) is 0 Å². The van der Waals surface area contributed by atoms with Gasteiger partial charge in [0.2, 0.25) is 0 Å². The zero-order valence-electron chi connectivity index (χ0n) is 16.9. The Labute approximate surface area is 184 Å². The van der Waals surface area contributed by atoms with Crippen molar-refractivity contribution in [3.8, 4) is 11.5 Å². The molecule has 9 nitrogen and oxygen atoms in total. The molecule has 1 aliphatic heterocycles. The number of hydrogen-bond donors (Lipinski definition) is 2. The van der Waals surface area contributed by atoms with Crippen molar-refractivity contribution in [2.75, 3.05) is 40.0 Å². The van der Waals surface area contributed by atoms with Crippen LogP contribution in [0.5, 0.6) is 11.5 Å². The van der Waals surface area contributed by atoms with Crippen molar-refractivity contribution in [2.24, 2.45) is 0 Å². The van der Waals surface area contributed by atoms with Gasteiger partial charge in [0.05, 0.1) is 30.9 Å². The van der Waals surface area contributed by atoms with Crippen LogP contribution in [-0.4, -0.2) is 62.6 Å². The van der Waals surface area contributed by atoms with Gasteiger partial charge in [0.15, 0.2) is 18.1 Å². The topological polar surface area (TPSA) is 106 Å². The second-order valence-electron chi connectivity index (χ2n) is 6.54. The highest BCUT2D eigenvalue weighted by Gasteiger charge is 2.19. The number of hydrazine groups is 1. The maximum Gasteiger partial charge on any atom is 0.271 e. The standard InChI is InChI=1S/C21H22ClN3O6/c1-29-18-12-14(20(27)23-24-21(28)15-4-2-3-5-16(15)22)6-7-17(18)31-13-19(26)25-8-10-30-11-9-25/h2-7,12H,8-11,13H2,1H3,(H,23,27)(H,24,28). The number of benzene rings is 2. The predicted molar refractivity (Wildman–Crippen MR) is 112 cm³/mol. The molecule has 1 saturated heterocycles. The number of carbonyl (C=O) groups excluding carboxylic acids is 3. The summed E-state index contributed by atoms with van der Waals surface area (Å²) in [4.78, 5) is 38.4. The Kier molecular flexibility index (Phi) is 7.69. The first-order valence-corrected chi connectivity index (χ1v) is 9.89. The van der Waals surface area contributed by atoms with E-state index in [9.17, 15) is 14.4 Å². The molecule has 1 fully saturated rings. The number of ether oxygens (including phenoxy) is 3. The summed E-state index contributed by atoms with van der Waals surface area (Å²) in [5.41, 5.74) is 5.09. The van der Waals surface area contributed by atoms with Gasteiger partial charge in [-0.15, -0.1) is 0 Å². The summed E-state index contributed by atoms with van der Waals surface area (Å²) in [6.45, 7) is 1.91. The number of methoxy groups -OCH3 is 1. The fraction of sp³-hybridized carbons (Fsp3) is 0.286. The quantitative estimate of drug-likeness (QED) is 0.652. The average Bonchev–Trinajstić information content (AvgIpc) is 2.81. The summed E-state index contributed by atoms with van der Waals surface area (Å²) >= 11 is 5.97. The summed E-state index contributed by atoms with van der Waals surface area (Å²) in [5.74, 6) is -0.669. The number of nitrogens with one attached hydrogen (secondary N) is 2. The van der Waals surface area contributed by atoms with Crippen LogP contribution in [0.25, 0.3) is 0 Å². The summed E-state index contributed by atoms with van der Waals surface area (Å²) in [7, 11) is 1.42. The Balaban J connectivity index is 1.58. The Morgan fingerprint density at radius 2 is 1.74 bits per heavy atom. The first-order valence-electron chi connectivity index (χ1n) is 9.51. The summed E-state index contributed by atoms with van der Waals surface area (Å²) < 4.78 is 16.1. The lowest BCUT2D eigenvalue weighted by atomic mass is 10.2. The molecule has 2 N–H and O–H groups in total. The van der Waals surface area contributed by atoms with Crippen molar-refractivity contribution in [1.82, 2.24) is 15.8 Å². The van der Waals surface area contributed by atoms with Gasteiger partial charge in [-0.2, -0.15) is 0 Å². The number of carbonyl (C=O) groups is 3. The lowest BCUT2D eigenvalue weighted by Crippen LogP contribution is -2.43. The van der Waals surface area contributed by atoms with E-state index in [-0.39, 0.29) is 34.4 Å². The smallest absolute Gasteiger partial charge is 0.271 e. The number of nitrogens with zero attached hydrogens (tertiary/aromatic N) is 1. The van der Waals surface area contributed by atoms with Crippen LogP contribution in [0.4, 0.5) is 0 Å². The third-order valence-corrected chi connectivity index (χ3v) is 4.88. The van der Waals surface area contributed by atoms with Crippen LogP contribution in [0.3, 0.4) is 0 Å². The summed E-state index contributed by atoms with van der Waals surface area (Å²) in [6.07, 6.45) is 0. The van der Waals surface area contributed by atoms with Gasteiger partial charge in [0.25, 0.3) is 17.7 Å². The summed E-state index contributed by atoms with van der Waals surface area (Å²) in [5, 5.41) is 0.268. The van der Waals surface area contributed by atoms with E-state index < -0.39 is 11.8 Å². The molecule has 31 heavy (non-hydrogen) atoms. The van der Waals surface area contributed by atoms with Crippen LogP contribution in [0.2, 0.25) is 5.02 Å². The number of halogens is 1. The molecule has 10 heteroatoms. The molecule has 0 radical (unpaired) electrons. The molecule has 2 aromatic carbocycles. The average molecular weight is 448 g/mol. The van der Waals surface area contributed by atoms with Gasteiger partial charge in [-0.3, -0.25) is 25.2 Å². The van der Waals surface area contributed by atoms with Crippen molar-refractivity contribution < 1.29 is 28.6 Å². The van der Waals surface area contributed by atoms with Crippen LogP contribution in [0.15, 0.2) is 42.5 Å². The number of amides is 3. The Hall–Kier alpha value is -3.30. The minimum absolute atomic E-state index is 0.157. The van der Waals surface area contributed by atoms with Gasteiger partial charge in [0.1, 0.15) is 0 Å².